The maximum atomic E-state index is 13.0. The number of amides is 4. The van der Waals surface area contributed by atoms with Gasteiger partial charge in [0.1, 0.15) is 0 Å². The van der Waals surface area contributed by atoms with E-state index in [0.29, 0.717) is 0 Å². The Labute approximate surface area is 287 Å². The molecule has 0 unspecified atom stereocenters. The molecule has 6 rings (SSSR count). The number of hydrogen-bond donors (Lipinski definition) is 0. The Morgan fingerprint density at radius 3 is 0.851 bits per heavy atom. The third kappa shape index (κ3) is 7.43. The molecule has 6 saturated carbocycles. The van der Waals surface area contributed by atoms with Gasteiger partial charge in [-0.15, -0.1) is 0 Å². The Balaban J connectivity index is 1.31. The molecule has 266 valence electrons. The molecule has 0 radical (unpaired) electrons. The summed E-state index contributed by atoms with van der Waals surface area (Å²) in [5.74, 6) is -1.10. The van der Waals surface area contributed by atoms with E-state index >= 15 is 0 Å². The minimum absolute atomic E-state index is 0.187. The van der Waals surface area contributed by atoms with Crippen molar-refractivity contribution in [3.05, 3.63) is 0 Å². The monoisotopic (exact) mass is 779 g/mol. The fourth-order valence-corrected chi connectivity index (χ4v) is 8.12. The van der Waals surface area contributed by atoms with Gasteiger partial charge in [-0.1, -0.05) is 0 Å². The van der Waals surface area contributed by atoms with Gasteiger partial charge in [-0.05, 0) is 0 Å². The molecular formula is C32H48IN2O12-. The predicted molar refractivity (Wildman–Crippen MR) is 159 cm³/mol. The van der Waals surface area contributed by atoms with Crippen LogP contribution in [0.2, 0.25) is 0 Å². The van der Waals surface area contributed by atoms with Gasteiger partial charge in [0.15, 0.2) is 0 Å². The van der Waals surface area contributed by atoms with Crippen LogP contribution in [0.15, 0.2) is 0 Å². The zero-order valence-electron chi connectivity index (χ0n) is 29.4. The first kappa shape index (κ1) is 37.0. The summed E-state index contributed by atoms with van der Waals surface area (Å²) in [5, 5.41) is 0. The van der Waals surface area contributed by atoms with Crippen LogP contribution in [0.4, 0.5) is 19.2 Å². The van der Waals surface area contributed by atoms with Crippen LogP contribution >= 0.6 is 0 Å². The van der Waals surface area contributed by atoms with Gasteiger partial charge in [0.2, 0.25) is 0 Å². The van der Waals surface area contributed by atoms with E-state index in [2.05, 4.69) is 0 Å². The summed E-state index contributed by atoms with van der Waals surface area (Å²) in [4.78, 5) is 80.2. The number of imide groups is 2. The van der Waals surface area contributed by atoms with Crippen LogP contribution in [0.1, 0.15) is 122 Å². The molecule has 6 aliphatic rings. The Kier molecular flexibility index (Phi) is 8.94. The first-order chi connectivity index (χ1) is 21.1. The number of carbonyl (C=O) groups is 6. The molecule has 0 aromatic rings. The van der Waals surface area contributed by atoms with Crippen molar-refractivity contribution in [1.82, 2.24) is 9.80 Å². The molecule has 0 N–H and O–H groups in total. The standard InChI is InChI=1S/C32H48IN2O12/c1-25(2,3)42-21(38)34(22(39)43-26(4,5)6)31-13-29(14-31,15-31)19(36)46-33-47-20(37)30-16-32(17-30,18-30)35(23(40)44-27(7,8)9)24(41)45-28(10,11)12/h13-18H2,1-12H3/q-1. The van der Waals surface area contributed by atoms with Crippen molar-refractivity contribution in [3.63, 3.8) is 0 Å². The summed E-state index contributed by atoms with van der Waals surface area (Å²) in [6, 6.07) is 0. The first-order valence-corrected chi connectivity index (χ1v) is 17.4. The molecular weight excluding hydrogens is 731 g/mol. The van der Waals surface area contributed by atoms with Crippen LogP contribution in [-0.2, 0) is 34.7 Å². The van der Waals surface area contributed by atoms with Gasteiger partial charge in [0, 0.05) is 0 Å². The molecule has 47 heavy (non-hydrogen) atoms. The molecule has 0 heterocycles. The second kappa shape index (κ2) is 11.4. The van der Waals surface area contributed by atoms with Gasteiger partial charge in [-0.3, -0.25) is 0 Å². The summed E-state index contributed by atoms with van der Waals surface area (Å²) < 4.78 is 32.7. The van der Waals surface area contributed by atoms with Crippen LogP contribution in [-0.4, -0.2) is 79.6 Å². The minimum atomic E-state index is -1.77. The Morgan fingerprint density at radius 1 is 0.447 bits per heavy atom. The molecule has 0 saturated heterocycles. The molecule has 4 amide bonds. The topological polar surface area (TPSA) is 164 Å². The molecule has 0 atom stereocenters. The molecule has 6 aliphatic carbocycles. The average molecular weight is 780 g/mol. The SMILES string of the molecule is CC(C)(C)OC(=O)N(C(=O)OC(C)(C)C)C12CC(C(=O)O[I-]OC(=O)C34CC(N(C(=O)OC(C)(C)C)C(=O)OC(C)(C)C)(C3)C4)(C1)C2. The van der Waals surface area contributed by atoms with Crippen LogP contribution in [0.25, 0.3) is 0 Å². The van der Waals surface area contributed by atoms with Gasteiger partial charge in [-0.2, -0.15) is 0 Å². The second-order valence-corrected chi connectivity index (χ2v) is 18.7. The molecule has 0 aliphatic heterocycles. The zero-order chi connectivity index (χ0) is 35.8. The number of halogens is 1. The zero-order valence-corrected chi connectivity index (χ0v) is 31.6. The van der Waals surface area contributed by atoms with E-state index in [0.717, 1.165) is 9.80 Å². The van der Waals surface area contributed by atoms with Gasteiger partial charge < -0.3 is 0 Å². The van der Waals surface area contributed by atoms with E-state index in [4.69, 9.17) is 25.1 Å². The van der Waals surface area contributed by atoms with Crippen molar-refractivity contribution in [2.75, 3.05) is 0 Å². The molecule has 4 bridgehead atoms. The predicted octanol–water partition coefficient (Wildman–Crippen LogP) is 3.18. The summed E-state index contributed by atoms with van der Waals surface area (Å²) in [5.41, 5.74) is -7.04. The van der Waals surface area contributed by atoms with Gasteiger partial charge in [0.05, 0.1) is 0 Å². The van der Waals surface area contributed by atoms with Gasteiger partial charge in [0.25, 0.3) is 0 Å². The summed E-state index contributed by atoms with van der Waals surface area (Å²) in [6.45, 7) is 20.3. The van der Waals surface area contributed by atoms with Crippen molar-refractivity contribution in [3.8, 4) is 0 Å². The van der Waals surface area contributed by atoms with E-state index in [1.54, 1.807) is 83.1 Å². The molecule has 0 aromatic carbocycles. The number of hydrogen-bond acceptors (Lipinski definition) is 12. The van der Waals surface area contributed by atoms with Crippen molar-refractivity contribution < 1.29 is 75.9 Å². The maximum absolute atomic E-state index is 13.0. The van der Waals surface area contributed by atoms with E-state index in [1.165, 1.54) is 0 Å². The van der Waals surface area contributed by atoms with Crippen molar-refractivity contribution >= 4 is 36.3 Å². The van der Waals surface area contributed by atoms with E-state index in [-0.39, 0.29) is 38.5 Å². The van der Waals surface area contributed by atoms with Crippen LogP contribution < -0.4 is 22.0 Å². The molecule has 14 nitrogen and oxygen atoms in total. The third-order valence-corrected chi connectivity index (χ3v) is 9.49. The molecule has 6 fully saturated rings. The summed E-state index contributed by atoms with van der Waals surface area (Å²) in [7, 11) is 0. The Bertz CT molecular complexity index is 1170. The van der Waals surface area contributed by atoms with Crippen LogP contribution in [0.5, 0.6) is 0 Å². The Morgan fingerprint density at radius 2 is 0.660 bits per heavy atom. The first-order valence-electron chi connectivity index (χ1n) is 15.7. The number of ether oxygens (including phenoxy) is 4. The molecule has 0 aromatic heterocycles. The summed E-state index contributed by atoms with van der Waals surface area (Å²) in [6.07, 6.45) is -2.25. The van der Waals surface area contributed by atoms with Crippen molar-refractivity contribution in [2.45, 2.75) is 155 Å². The quantitative estimate of drug-likeness (QED) is 0.286. The van der Waals surface area contributed by atoms with E-state index < -0.39 is 103 Å². The average Bonchev–Trinajstić information content (AvgIpc) is 2.70. The van der Waals surface area contributed by atoms with Gasteiger partial charge in [-0.25, -0.2) is 0 Å². The van der Waals surface area contributed by atoms with Crippen LogP contribution in [0, 0.1) is 10.8 Å². The second-order valence-electron chi connectivity index (χ2n) is 17.5. The van der Waals surface area contributed by atoms with Crippen molar-refractivity contribution in [1.29, 1.82) is 0 Å². The molecule has 0 spiro atoms. The molecule has 15 heteroatoms. The third-order valence-electron chi connectivity index (χ3n) is 8.33. The number of nitrogens with zero attached hydrogens (tertiary/aromatic N) is 2. The van der Waals surface area contributed by atoms with Crippen molar-refractivity contribution in [2.24, 2.45) is 10.8 Å². The van der Waals surface area contributed by atoms with E-state index in [9.17, 15) is 28.8 Å². The Hall–Kier alpha value is -2.85. The normalized spacial score (nSPS) is 28.9. The fourth-order valence-electron chi connectivity index (χ4n) is 6.77. The summed E-state index contributed by atoms with van der Waals surface area (Å²) >= 11 is -1.77. The number of carbonyl (C=O) groups excluding carboxylic acids is 6. The van der Waals surface area contributed by atoms with Gasteiger partial charge >= 0.3 is 288 Å². The van der Waals surface area contributed by atoms with E-state index in [1.807, 2.05) is 0 Å². The number of rotatable bonds is 6. The fraction of sp³-hybridized carbons (Fsp3) is 0.812. The van der Waals surface area contributed by atoms with Crippen LogP contribution in [0.3, 0.4) is 0 Å².